The van der Waals surface area contributed by atoms with E-state index in [1.165, 1.54) is 0 Å². The van der Waals surface area contributed by atoms with Crippen LogP contribution in [0.15, 0.2) is 48.2 Å². The van der Waals surface area contributed by atoms with Gasteiger partial charge in [-0.2, -0.15) is 0 Å². The molecule has 0 unspecified atom stereocenters. The van der Waals surface area contributed by atoms with Gasteiger partial charge in [0.25, 0.3) is 0 Å². The molecule has 8 heteroatoms. The third-order valence-electron chi connectivity index (χ3n) is 6.67. The summed E-state index contributed by atoms with van der Waals surface area (Å²) < 4.78 is 28.6. The minimum atomic E-state index is -0.180. The molecule has 37 heavy (non-hydrogen) atoms. The molecule has 0 spiro atoms. The summed E-state index contributed by atoms with van der Waals surface area (Å²) in [6.45, 7) is 3.70. The van der Waals surface area contributed by atoms with E-state index in [1.54, 1.807) is 39.5 Å². The summed E-state index contributed by atoms with van der Waals surface area (Å²) in [7, 11) is 4.67. The van der Waals surface area contributed by atoms with Gasteiger partial charge in [-0.25, -0.2) is 0 Å². The first-order valence-corrected chi connectivity index (χ1v) is 12.3. The number of carbonyl (C=O) groups excluding carboxylic acids is 1. The second kappa shape index (κ2) is 10.4. The molecule has 2 aliphatic heterocycles. The van der Waals surface area contributed by atoms with E-state index in [4.69, 9.17) is 35.3 Å². The maximum absolute atomic E-state index is 13.5. The second-order valence-corrected chi connectivity index (χ2v) is 9.34. The fourth-order valence-electron chi connectivity index (χ4n) is 4.71. The number of hydrogen-bond acceptors (Lipinski definition) is 7. The number of benzene rings is 3. The van der Waals surface area contributed by atoms with Crippen LogP contribution in [0.3, 0.4) is 0 Å². The first kappa shape index (κ1) is 25.0. The predicted octanol–water partition coefficient (Wildman–Crippen LogP) is 5.69. The molecule has 7 nitrogen and oxygen atoms in total. The number of rotatable bonds is 7. The van der Waals surface area contributed by atoms with Crippen molar-refractivity contribution in [2.75, 3.05) is 34.6 Å². The molecular formula is C29H28ClNO6. The molecule has 0 amide bonds. The van der Waals surface area contributed by atoms with Crippen LogP contribution in [0, 0.1) is 6.92 Å². The zero-order valence-electron chi connectivity index (χ0n) is 21.2. The highest BCUT2D eigenvalue weighted by Crippen LogP contribution is 2.45. The van der Waals surface area contributed by atoms with E-state index in [-0.39, 0.29) is 11.5 Å². The Hall–Kier alpha value is -3.68. The second-order valence-electron chi connectivity index (χ2n) is 8.93. The third kappa shape index (κ3) is 4.72. The van der Waals surface area contributed by atoms with Crippen LogP contribution in [0.4, 0.5) is 0 Å². The van der Waals surface area contributed by atoms with Crippen LogP contribution < -0.4 is 23.7 Å². The van der Waals surface area contributed by atoms with Crippen molar-refractivity contribution >= 4 is 23.5 Å². The average Bonchev–Trinajstić information content (AvgIpc) is 3.24. The number of hydrogen-bond donors (Lipinski definition) is 0. The maximum Gasteiger partial charge on any atom is 0.232 e. The molecule has 0 saturated carbocycles. The Morgan fingerprint density at radius 1 is 1.03 bits per heavy atom. The maximum atomic E-state index is 13.5. The quantitative estimate of drug-likeness (QED) is 0.370. The lowest BCUT2D eigenvalue weighted by molar-refractivity contribution is 0.0949. The molecule has 0 radical (unpaired) electrons. The van der Waals surface area contributed by atoms with E-state index in [1.807, 2.05) is 37.3 Å². The van der Waals surface area contributed by atoms with Crippen LogP contribution in [0.1, 0.15) is 32.6 Å². The monoisotopic (exact) mass is 521 g/mol. The number of halogens is 1. The Kier molecular flexibility index (Phi) is 7.00. The largest absolute Gasteiger partial charge is 0.496 e. The van der Waals surface area contributed by atoms with Crippen molar-refractivity contribution in [3.63, 3.8) is 0 Å². The van der Waals surface area contributed by atoms with E-state index in [9.17, 15) is 4.79 Å². The zero-order valence-corrected chi connectivity index (χ0v) is 22.0. The van der Waals surface area contributed by atoms with Gasteiger partial charge in [0.1, 0.15) is 24.0 Å². The van der Waals surface area contributed by atoms with Crippen LogP contribution in [0.2, 0.25) is 5.02 Å². The molecule has 0 aromatic heterocycles. The lowest BCUT2D eigenvalue weighted by atomic mass is 9.98. The van der Waals surface area contributed by atoms with Crippen molar-refractivity contribution < 1.29 is 28.5 Å². The van der Waals surface area contributed by atoms with Crippen molar-refractivity contribution in [1.82, 2.24) is 4.90 Å². The van der Waals surface area contributed by atoms with Gasteiger partial charge in [-0.05, 0) is 48.7 Å². The average molecular weight is 522 g/mol. The van der Waals surface area contributed by atoms with Crippen LogP contribution in [0.25, 0.3) is 6.08 Å². The van der Waals surface area contributed by atoms with Gasteiger partial charge in [0.2, 0.25) is 5.78 Å². The molecule has 0 N–H and O–H groups in total. The summed E-state index contributed by atoms with van der Waals surface area (Å²) >= 11 is 6.34. The number of ketones is 1. The molecule has 0 atom stereocenters. The third-order valence-corrected chi connectivity index (χ3v) is 7.03. The topological polar surface area (TPSA) is 66.5 Å². The van der Waals surface area contributed by atoms with Crippen molar-refractivity contribution in [3.8, 4) is 28.7 Å². The Morgan fingerprint density at radius 2 is 1.76 bits per heavy atom. The number of carbonyl (C=O) groups is 1. The van der Waals surface area contributed by atoms with Gasteiger partial charge in [-0.1, -0.05) is 29.8 Å². The lowest BCUT2D eigenvalue weighted by Gasteiger charge is -2.30. The molecular weight excluding hydrogens is 494 g/mol. The number of fused-ring (bicyclic) bond motifs is 3. The molecule has 3 aromatic carbocycles. The van der Waals surface area contributed by atoms with Gasteiger partial charge in [0.15, 0.2) is 17.3 Å². The summed E-state index contributed by atoms with van der Waals surface area (Å²) in [4.78, 5) is 15.6. The number of nitrogens with zero attached hydrogens (tertiary/aromatic N) is 1. The number of methoxy groups -OCH3 is 3. The number of aryl methyl sites for hydroxylation is 1. The standard InChI is InChI=1S/C29H28ClNO6/c1-17-11-23-20(15-31(16-36-23)10-9-18-7-5-6-8-21(18)30)29-27(17)28(32)26(37-29)13-19-12-24(34-3)25(35-4)14-22(19)33-2/h5-8,11-14H,9-10,15-16H2,1-4H3/b26-13-. The Bertz CT molecular complexity index is 1400. The SMILES string of the molecule is COc1cc(OC)c(OC)cc1/C=C1\Oc2c3c(cc(C)c2C1=O)OCN(CCc1ccccc1Cl)C3. The van der Waals surface area contributed by atoms with Gasteiger partial charge < -0.3 is 23.7 Å². The van der Waals surface area contributed by atoms with E-state index in [0.29, 0.717) is 47.4 Å². The van der Waals surface area contributed by atoms with E-state index in [2.05, 4.69) is 4.90 Å². The van der Waals surface area contributed by atoms with Crippen molar-refractivity contribution in [3.05, 3.63) is 81.1 Å². The molecule has 0 saturated heterocycles. The predicted molar refractivity (Wildman–Crippen MR) is 141 cm³/mol. The van der Waals surface area contributed by atoms with E-state index >= 15 is 0 Å². The number of ether oxygens (including phenoxy) is 5. The molecule has 3 aromatic rings. The van der Waals surface area contributed by atoms with E-state index in [0.717, 1.165) is 40.4 Å². The van der Waals surface area contributed by atoms with Crippen LogP contribution in [-0.2, 0) is 13.0 Å². The highest BCUT2D eigenvalue weighted by Gasteiger charge is 2.35. The lowest BCUT2D eigenvalue weighted by Crippen LogP contribution is -2.34. The minimum Gasteiger partial charge on any atom is -0.496 e. The first-order chi connectivity index (χ1) is 17.9. The highest BCUT2D eigenvalue weighted by atomic mass is 35.5. The molecule has 192 valence electrons. The Labute approximate surface area is 221 Å². The van der Waals surface area contributed by atoms with Crippen LogP contribution in [0.5, 0.6) is 28.7 Å². The molecule has 5 rings (SSSR count). The first-order valence-electron chi connectivity index (χ1n) is 11.9. The van der Waals surface area contributed by atoms with Crippen molar-refractivity contribution in [2.24, 2.45) is 0 Å². The fraction of sp³-hybridized carbons (Fsp3) is 0.276. The van der Waals surface area contributed by atoms with Crippen molar-refractivity contribution in [1.29, 1.82) is 0 Å². The van der Waals surface area contributed by atoms with Gasteiger partial charge in [-0.3, -0.25) is 9.69 Å². The summed E-state index contributed by atoms with van der Waals surface area (Å²) in [6.07, 6.45) is 2.46. The smallest absolute Gasteiger partial charge is 0.232 e. The summed E-state index contributed by atoms with van der Waals surface area (Å²) in [5.74, 6) is 2.91. The minimum absolute atomic E-state index is 0.180. The van der Waals surface area contributed by atoms with E-state index < -0.39 is 0 Å². The summed E-state index contributed by atoms with van der Waals surface area (Å²) in [5.41, 5.74) is 3.96. The molecule has 2 aliphatic rings. The summed E-state index contributed by atoms with van der Waals surface area (Å²) in [6, 6.07) is 13.2. The number of Topliss-reactive ketones (excluding diaryl/α,β-unsaturated/α-hetero) is 1. The normalized spacial score (nSPS) is 15.6. The molecule has 0 bridgehead atoms. The molecule has 2 heterocycles. The van der Waals surface area contributed by atoms with Crippen LogP contribution >= 0.6 is 11.6 Å². The van der Waals surface area contributed by atoms with Gasteiger partial charge in [-0.15, -0.1) is 0 Å². The Balaban J connectivity index is 1.44. The van der Waals surface area contributed by atoms with Gasteiger partial charge >= 0.3 is 0 Å². The fourth-order valence-corrected chi connectivity index (χ4v) is 4.94. The van der Waals surface area contributed by atoms with Gasteiger partial charge in [0.05, 0.1) is 32.5 Å². The van der Waals surface area contributed by atoms with Gasteiger partial charge in [0, 0.05) is 29.7 Å². The highest BCUT2D eigenvalue weighted by molar-refractivity contribution is 6.31. The Morgan fingerprint density at radius 3 is 2.49 bits per heavy atom. The number of allylic oxidation sites excluding steroid dienone is 1. The molecule has 0 fully saturated rings. The van der Waals surface area contributed by atoms with Crippen LogP contribution in [-0.4, -0.2) is 45.3 Å². The van der Waals surface area contributed by atoms with Crippen molar-refractivity contribution in [2.45, 2.75) is 19.9 Å². The zero-order chi connectivity index (χ0) is 26.1. The molecule has 0 aliphatic carbocycles. The summed E-state index contributed by atoms with van der Waals surface area (Å²) in [5, 5.41) is 0.756.